The number of aliphatic imine (C=N–C) groups is 1. The van der Waals surface area contributed by atoms with Crippen molar-refractivity contribution in [1.29, 1.82) is 0 Å². The molecule has 0 saturated carbocycles. The van der Waals surface area contributed by atoms with Crippen LogP contribution in [0.4, 0.5) is 11.4 Å². The highest BCUT2D eigenvalue weighted by Crippen LogP contribution is 2.46. The molecule has 2 atom stereocenters. The lowest BCUT2D eigenvalue weighted by atomic mass is 9.79. The van der Waals surface area contributed by atoms with E-state index in [-0.39, 0.29) is 41.0 Å². The standard InChI is InChI=1S/C34H45N7O5S/c1-8-10-16-47(44,45)35-20-23(5)30-37-31-29(32(39-41(31)38-30)46-28-14-12-11-13-24(28)33(42)43)36-26-18-25-22(4)19-34(6,7)40(15-9-2)27(25)17-21(26)3/h11-14,17-18,22-23,35H,8-10,15-16,19-20H2,1-7H3,(H,42,43). The van der Waals surface area contributed by atoms with Crippen LogP contribution < -0.4 is 14.4 Å². The van der Waals surface area contributed by atoms with E-state index in [1.54, 1.807) is 18.2 Å². The zero-order valence-corrected chi connectivity index (χ0v) is 29.1. The van der Waals surface area contributed by atoms with Crippen LogP contribution in [0.25, 0.3) is 0 Å². The van der Waals surface area contributed by atoms with Gasteiger partial charge in [0.2, 0.25) is 15.8 Å². The van der Waals surface area contributed by atoms with Gasteiger partial charge in [-0.3, -0.25) is 0 Å². The first-order chi connectivity index (χ1) is 22.2. The third-order valence-corrected chi connectivity index (χ3v) is 10.2. The molecule has 12 nitrogen and oxygen atoms in total. The lowest BCUT2D eigenvalue weighted by Crippen LogP contribution is -2.48. The molecular formula is C34H45N7O5S. The highest BCUT2D eigenvalue weighted by molar-refractivity contribution is 7.89. The molecule has 2 unspecified atom stereocenters. The summed E-state index contributed by atoms with van der Waals surface area (Å²) >= 11 is 0. The molecule has 0 radical (unpaired) electrons. The Labute approximate surface area is 277 Å². The Balaban J connectivity index is 1.55. The highest BCUT2D eigenvalue weighted by atomic mass is 32.2. The number of ether oxygens (including phenoxy) is 1. The van der Waals surface area contributed by atoms with Gasteiger partial charge in [0.25, 0.3) is 5.90 Å². The van der Waals surface area contributed by atoms with E-state index in [1.807, 2.05) is 20.8 Å². The number of carboxylic acids is 1. The summed E-state index contributed by atoms with van der Waals surface area (Å²) in [5.74, 6) is -0.222. The maximum absolute atomic E-state index is 12.4. The zero-order chi connectivity index (χ0) is 34.1. The van der Waals surface area contributed by atoms with Gasteiger partial charge >= 0.3 is 5.97 Å². The number of hydrogen-bond acceptors (Lipinski definition) is 9. The van der Waals surface area contributed by atoms with Gasteiger partial charge in [0.05, 0.1) is 11.4 Å². The normalized spacial score (nSPS) is 18.5. The fourth-order valence-corrected chi connectivity index (χ4v) is 7.55. The molecule has 252 valence electrons. The topological polar surface area (TPSA) is 151 Å². The van der Waals surface area contributed by atoms with Crippen LogP contribution in [0.5, 0.6) is 5.75 Å². The summed E-state index contributed by atoms with van der Waals surface area (Å²) in [6.07, 6.45) is 3.40. The summed E-state index contributed by atoms with van der Waals surface area (Å²) in [6, 6.07) is 10.6. The number of carbonyl (C=O) groups is 1. The van der Waals surface area contributed by atoms with Crippen molar-refractivity contribution in [3.63, 3.8) is 0 Å². The minimum absolute atomic E-state index is 0.0193. The van der Waals surface area contributed by atoms with Crippen molar-refractivity contribution < 1.29 is 23.1 Å². The molecule has 2 N–H and O–H groups in total. The molecule has 13 heteroatoms. The Morgan fingerprint density at radius 1 is 1.21 bits per heavy atom. The summed E-state index contributed by atoms with van der Waals surface area (Å²) in [5, 5.41) is 18.8. The quantitative estimate of drug-likeness (QED) is 0.240. The van der Waals surface area contributed by atoms with Crippen molar-refractivity contribution in [1.82, 2.24) is 19.6 Å². The molecule has 0 bridgehead atoms. The van der Waals surface area contributed by atoms with E-state index < -0.39 is 16.0 Å². The lowest BCUT2D eigenvalue weighted by Gasteiger charge is -2.48. The summed E-state index contributed by atoms with van der Waals surface area (Å²) in [6.45, 7) is 15.9. The van der Waals surface area contributed by atoms with E-state index in [4.69, 9.17) is 14.7 Å². The van der Waals surface area contributed by atoms with Gasteiger partial charge < -0.3 is 14.7 Å². The predicted molar refractivity (Wildman–Crippen MR) is 184 cm³/mol. The smallest absolute Gasteiger partial charge is 0.339 e. The van der Waals surface area contributed by atoms with Crippen LogP contribution in [0.15, 0.2) is 46.5 Å². The van der Waals surface area contributed by atoms with Crippen molar-refractivity contribution >= 4 is 39.0 Å². The molecule has 2 aliphatic heterocycles. The minimum Gasteiger partial charge on any atom is -0.478 e. The maximum atomic E-state index is 12.4. The second-order valence-corrected chi connectivity index (χ2v) is 15.1. The van der Waals surface area contributed by atoms with E-state index in [0.29, 0.717) is 29.7 Å². The maximum Gasteiger partial charge on any atom is 0.339 e. The fourth-order valence-electron chi connectivity index (χ4n) is 6.24. The number of unbranched alkanes of at least 4 members (excludes halogenated alkanes) is 1. The van der Waals surface area contributed by atoms with Crippen LogP contribution in [0.1, 0.15) is 112 Å². The third-order valence-electron chi connectivity index (χ3n) is 8.73. The Kier molecular flexibility index (Phi) is 9.88. The van der Waals surface area contributed by atoms with E-state index in [0.717, 1.165) is 37.1 Å². The lowest BCUT2D eigenvalue weighted by molar-refractivity contribution is 0.0694. The number of rotatable bonds is 12. The predicted octanol–water partition coefficient (Wildman–Crippen LogP) is 5.98. The highest BCUT2D eigenvalue weighted by Gasteiger charge is 2.37. The van der Waals surface area contributed by atoms with E-state index in [1.165, 1.54) is 22.1 Å². The molecule has 0 aliphatic carbocycles. The number of aryl methyl sites for hydroxylation is 1. The van der Waals surface area contributed by atoms with Crippen LogP contribution in [0, 0.1) is 6.92 Å². The van der Waals surface area contributed by atoms with Crippen molar-refractivity contribution in [2.24, 2.45) is 10.1 Å². The Morgan fingerprint density at radius 2 is 1.96 bits per heavy atom. The number of hydrogen-bond donors (Lipinski definition) is 2. The van der Waals surface area contributed by atoms with E-state index >= 15 is 0 Å². The van der Waals surface area contributed by atoms with E-state index in [9.17, 15) is 18.3 Å². The summed E-state index contributed by atoms with van der Waals surface area (Å²) in [7, 11) is -3.41. The van der Waals surface area contributed by atoms with Crippen molar-refractivity contribution in [3.05, 3.63) is 64.7 Å². The van der Waals surface area contributed by atoms with Gasteiger partial charge in [0, 0.05) is 30.2 Å². The second kappa shape index (κ2) is 13.6. The molecule has 1 aromatic heterocycles. The van der Waals surface area contributed by atoms with Crippen LogP contribution in [0.2, 0.25) is 0 Å². The van der Waals surface area contributed by atoms with Crippen LogP contribution in [-0.4, -0.2) is 70.4 Å². The van der Waals surface area contributed by atoms with Gasteiger partial charge in [-0.15, -0.1) is 15.0 Å². The molecule has 0 fully saturated rings. The van der Waals surface area contributed by atoms with Gasteiger partial charge in [0.15, 0.2) is 11.5 Å². The number of sulfonamides is 1. The number of fused-ring (bicyclic) bond motifs is 2. The summed E-state index contributed by atoms with van der Waals surface area (Å²) in [4.78, 5) is 25.5. The monoisotopic (exact) mass is 663 g/mol. The first-order valence-electron chi connectivity index (χ1n) is 16.3. The molecule has 0 amide bonds. The fraction of sp³-hybridized carbons (Fsp3) is 0.500. The average Bonchev–Trinajstić information content (AvgIpc) is 3.56. The molecular weight excluding hydrogens is 618 g/mol. The molecule has 0 spiro atoms. The Morgan fingerprint density at radius 3 is 2.66 bits per heavy atom. The number of nitrogens with zero attached hydrogens (tertiary/aromatic N) is 6. The van der Waals surface area contributed by atoms with Gasteiger partial charge in [-0.2, -0.15) is 0 Å². The second-order valence-electron chi connectivity index (χ2n) is 13.1. The van der Waals surface area contributed by atoms with Crippen LogP contribution >= 0.6 is 0 Å². The van der Waals surface area contributed by atoms with Crippen LogP contribution in [-0.2, 0) is 10.0 Å². The zero-order valence-electron chi connectivity index (χ0n) is 28.2. The third kappa shape index (κ3) is 7.25. The molecule has 2 aliphatic rings. The average molecular weight is 664 g/mol. The number of aromatic carboxylic acids is 1. The van der Waals surface area contributed by atoms with Crippen molar-refractivity contribution in [2.75, 3.05) is 23.7 Å². The van der Waals surface area contributed by atoms with Gasteiger partial charge in [-0.1, -0.05) is 46.2 Å². The van der Waals surface area contributed by atoms with Crippen molar-refractivity contribution in [2.45, 2.75) is 91.5 Å². The number of anilines is 1. The Bertz CT molecular complexity index is 1830. The largest absolute Gasteiger partial charge is 0.478 e. The minimum atomic E-state index is -3.41. The molecule has 3 aromatic rings. The van der Waals surface area contributed by atoms with Gasteiger partial charge in [0.1, 0.15) is 11.3 Å². The molecule has 0 saturated heterocycles. The van der Waals surface area contributed by atoms with Crippen LogP contribution in [0.3, 0.4) is 0 Å². The van der Waals surface area contributed by atoms with Crippen molar-refractivity contribution in [3.8, 4) is 5.75 Å². The molecule has 5 rings (SSSR count). The first-order valence-corrected chi connectivity index (χ1v) is 17.9. The first kappa shape index (κ1) is 34.2. The number of aromatic nitrogens is 3. The number of carboxylic acid groups (broad SMARTS) is 1. The number of nitrogens with one attached hydrogen (secondary N) is 1. The molecule has 2 aromatic carbocycles. The Hall–Kier alpha value is -4.10. The summed E-state index contributed by atoms with van der Waals surface area (Å²) < 4.78 is 33.6. The van der Waals surface area contributed by atoms with E-state index in [2.05, 4.69) is 59.6 Å². The molecule has 47 heavy (non-hydrogen) atoms. The van der Waals surface area contributed by atoms with Gasteiger partial charge in [-0.25, -0.2) is 27.9 Å². The molecule has 3 heterocycles. The summed E-state index contributed by atoms with van der Waals surface area (Å²) in [5.41, 5.74) is 4.41. The number of benzene rings is 2. The van der Waals surface area contributed by atoms with Gasteiger partial charge in [-0.05, 0) is 81.3 Å². The SMILES string of the molecule is CCCCS(=O)(=O)NCC(C)c1nc2n(n1)N=C(Oc1ccccc1C(=O)O)C2=Nc1cc2c(cc1C)N(CCC)C(C)(C)CC2C. The number of para-hydroxylation sites is 1.